The Morgan fingerprint density at radius 2 is 1.22 bits per heavy atom. The molecule has 0 fully saturated rings. The number of Topliss-reactive ketones (excluding diaryl/α,β-unsaturated/α-hetero) is 1. The maximum atomic E-state index is 13.6. The summed E-state index contributed by atoms with van der Waals surface area (Å²) in [5.41, 5.74) is 6.52. The summed E-state index contributed by atoms with van der Waals surface area (Å²) in [6, 6.07) is 29.6. The third kappa shape index (κ3) is 6.68. The van der Waals surface area contributed by atoms with E-state index in [1.165, 1.54) is 0 Å². The molecule has 1 aliphatic heterocycles. The molecule has 2 aliphatic rings. The number of ether oxygens (including phenoxy) is 1. The molecule has 0 bridgehead atoms. The van der Waals surface area contributed by atoms with Gasteiger partial charge < -0.3 is 9.84 Å². The summed E-state index contributed by atoms with van der Waals surface area (Å²) in [7, 11) is 0. The third-order valence-corrected chi connectivity index (χ3v) is 9.94. The lowest BCUT2D eigenvalue weighted by Crippen LogP contribution is -2.29. The Morgan fingerprint density at radius 3 is 1.86 bits per heavy atom. The van der Waals surface area contributed by atoms with Gasteiger partial charge in [-0.2, -0.15) is 0 Å². The second-order valence-electron chi connectivity index (χ2n) is 11.9. The van der Waals surface area contributed by atoms with Crippen LogP contribution in [-0.4, -0.2) is 5.78 Å². The quantitative estimate of drug-likeness (QED) is 0.129. The number of ketones is 1. The number of hydrogen-bond donors (Lipinski definition) is 0. The smallest absolute Gasteiger partial charge is 0.361 e. The van der Waals surface area contributed by atoms with Crippen LogP contribution in [-0.2, 0) is 9.53 Å². The van der Waals surface area contributed by atoms with Gasteiger partial charge >= 0.3 is 11.5 Å². The number of carbonyl (C=O) groups excluding carboxylic acids is 1. The van der Waals surface area contributed by atoms with Crippen molar-refractivity contribution in [2.24, 2.45) is 0 Å². The molecule has 4 nitrogen and oxygen atoms in total. The highest BCUT2D eigenvalue weighted by Crippen LogP contribution is 2.39. The number of hydrogen-bond acceptors (Lipinski definition) is 3. The van der Waals surface area contributed by atoms with Crippen molar-refractivity contribution >= 4 is 69.8 Å². The SMILES string of the molecule is Cc1ccccc1C1=CC(=CC2=C([O-])C(=Cc3cc(-c4ccc(Cl)c(Cl)c4)[o+]c(-c4ccccc4C)c3)C2=O)C=C(c2ccc(Cl)c(Cl)c2)O1. The van der Waals surface area contributed by atoms with Crippen LogP contribution in [0.15, 0.2) is 142 Å². The summed E-state index contributed by atoms with van der Waals surface area (Å²) in [5.74, 6) is 1.41. The standard InChI is InChI=1S/C42H26Cl4O4/c1-23-7-3-5-9-29(23)39-19-25(17-37(49-39)27-11-13-33(43)35(45)21-27)15-31-41(47)32(42(31)48)16-26-18-38(28-12-14-34(44)36(46)22-28)50-40(20-26)30-10-6-4-8-24(30)2/h3-22H,1-2H3. The van der Waals surface area contributed by atoms with Crippen molar-refractivity contribution in [3.63, 3.8) is 0 Å². The van der Waals surface area contributed by atoms with Gasteiger partial charge in [-0.3, -0.25) is 4.79 Å². The number of benzene rings is 4. The van der Waals surface area contributed by atoms with Crippen LogP contribution in [0.2, 0.25) is 20.1 Å². The van der Waals surface area contributed by atoms with Gasteiger partial charge in [0.25, 0.3) is 0 Å². The highest BCUT2D eigenvalue weighted by atomic mass is 35.5. The molecule has 50 heavy (non-hydrogen) atoms. The van der Waals surface area contributed by atoms with Crippen molar-refractivity contribution in [3.05, 3.63) is 186 Å². The van der Waals surface area contributed by atoms with Gasteiger partial charge in [-0.25, -0.2) is 4.42 Å². The van der Waals surface area contributed by atoms with Gasteiger partial charge in [0, 0.05) is 22.3 Å². The van der Waals surface area contributed by atoms with Crippen LogP contribution in [0.1, 0.15) is 27.8 Å². The highest BCUT2D eigenvalue weighted by Gasteiger charge is 2.28. The fourth-order valence-electron chi connectivity index (χ4n) is 5.79. The molecule has 0 unspecified atom stereocenters. The van der Waals surface area contributed by atoms with E-state index in [9.17, 15) is 9.90 Å². The molecule has 0 saturated carbocycles. The van der Waals surface area contributed by atoms with Crippen molar-refractivity contribution in [1.29, 1.82) is 0 Å². The second-order valence-corrected chi connectivity index (χ2v) is 13.5. The molecule has 0 N–H and O–H groups in total. The first-order valence-corrected chi connectivity index (χ1v) is 17.1. The van der Waals surface area contributed by atoms with Gasteiger partial charge in [0.05, 0.1) is 43.4 Å². The van der Waals surface area contributed by atoms with Gasteiger partial charge in [-0.15, -0.1) is 0 Å². The lowest BCUT2D eigenvalue weighted by atomic mass is 9.85. The molecule has 5 aromatic rings. The van der Waals surface area contributed by atoms with Crippen molar-refractivity contribution in [2.75, 3.05) is 0 Å². The van der Waals surface area contributed by atoms with E-state index in [1.54, 1.807) is 60.7 Å². The van der Waals surface area contributed by atoms with Crippen molar-refractivity contribution in [2.45, 2.75) is 13.8 Å². The third-order valence-electron chi connectivity index (χ3n) is 8.46. The van der Waals surface area contributed by atoms with Gasteiger partial charge in [0.1, 0.15) is 11.5 Å². The molecule has 1 aliphatic carbocycles. The van der Waals surface area contributed by atoms with E-state index in [-0.39, 0.29) is 22.7 Å². The van der Waals surface area contributed by atoms with E-state index in [0.717, 1.165) is 22.3 Å². The highest BCUT2D eigenvalue weighted by molar-refractivity contribution is 6.42. The van der Waals surface area contributed by atoms with Crippen LogP contribution in [0.4, 0.5) is 0 Å². The van der Waals surface area contributed by atoms with Crippen LogP contribution in [0.5, 0.6) is 0 Å². The normalized spacial score (nSPS) is 15.9. The monoisotopic (exact) mass is 734 g/mol. The number of allylic oxidation sites excluding steroid dienone is 6. The zero-order valence-corrected chi connectivity index (χ0v) is 29.7. The van der Waals surface area contributed by atoms with Crippen LogP contribution in [0, 0.1) is 13.8 Å². The zero-order valence-electron chi connectivity index (χ0n) is 26.7. The summed E-state index contributed by atoms with van der Waals surface area (Å²) < 4.78 is 12.7. The largest absolute Gasteiger partial charge is 0.871 e. The average Bonchev–Trinajstić information content (AvgIpc) is 3.12. The molecule has 246 valence electrons. The molecule has 2 heterocycles. The van der Waals surface area contributed by atoms with Gasteiger partial charge in [0.2, 0.25) is 0 Å². The molecule has 0 saturated heterocycles. The van der Waals surface area contributed by atoms with Gasteiger partial charge in [0.15, 0.2) is 5.78 Å². The number of rotatable bonds is 6. The van der Waals surface area contributed by atoms with E-state index in [2.05, 4.69) is 0 Å². The topological polar surface area (TPSA) is 60.7 Å². The Bertz CT molecular complexity index is 2400. The Kier molecular flexibility index (Phi) is 9.30. The van der Waals surface area contributed by atoms with E-state index in [4.69, 9.17) is 55.6 Å². The first-order valence-electron chi connectivity index (χ1n) is 15.6. The summed E-state index contributed by atoms with van der Waals surface area (Å²) in [5, 5.41) is 15.2. The molecule has 4 aromatic carbocycles. The molecular weight excluding hydrogens is 710 g/mol. The lowest BCUT2D eigenvalue weighted by Gasteiger charge is -2.29. The molecule has 1 aromatic heterocycles. The first-order chi connectivity index (χ1) is 24.0. The van der Waals surface area contributed by atoms with Gasteiger partial charge in [-0.1, -0.05) is 94.6 Å². The average molecular weight is 736 g/mol. The van der Waals surface area contributed by atoms with Crippen molar-refractivity contribution in [3.8, 4) is 22.6 Å². The second kappa shape index (κ2) is 13.8. The first kappa shape index (κ1) is 33.6. The van der Waals surface area contributed by atoms with E-state index in [0.29, 0.717) is 65.4 Å². The van der Waals surface area contributed by atoms with Crippen LogP contribution >= 0.6 is 46.4 Å². The fourth-order valence-corrected chi connectivity index (χ4v) is 6.38. The predicted octanol–water partition coefficient (Wildman–Crippen LogP) is 11.7. The molecule has 0 amide bonds. The fraction of sp³-hybridized carbons (Fsp3) is 0.0476. The van der Waals surface area contributed by atoms with E-state index in [1.807, 2.05) is 74.5 Å². The van der Waals surface area contributed by atoms with Crippen molar-refractivity contribution < 1.29 is 19.1 Å². The Hall–Kier alpha value is -4.84. The number of aryl methyl sites for hydroxylation is 2. The van der Waals surface area contributed by atoms with E-state index >= 15 is 0 Å². The summed E-state index contributed by atoms with van der Waals surface area (Å²) in [6.07, 6.45) is 6.78. The van der Waals surface area contributed by atoms with Crippen LogP contribution in [0.3, 0.4) is 0 Å². The molecule has 8 heteroatoms. The van der Waals surface area contributed by atoms with E-state index < -0.39 is 0 Å². The van der Waals surface area contributed by atoms with Gasteiger partial charge in [-0.05, 0) is 103 Å². The molecule has 0 atom stereocenters. The zero-order chi connectivity index (χ0) is 35.1. The Balaban J connectivity index is 1.31. The molecule has 7 rings (SSSR count). The van der Waals surface area contributed by atoms with Crippen LogP contribution < -0.4 is 5.11 Å². The molecular formula is C42H26Cl4O4. The summed E-state index contributed by atoms with van der Waals surface area (Å²) in [6.45, 7) is 3.97. The summed E-state index contributed by atoms with van der Waals surface area (Å²) in [4.78, 5) is 13.6. The Morgan fingerprint density at radius 1 is 0.640 bits per heavy atom. The minimum absolute atomic E-state index is 0.0720. The number of halogens is 4. The lowest BCUT2D eigenvalue weighted by molar-refractivity contribution is -0.300. The maximum absolute atomic E-state index is 13.6. The maximum Gasteiger partial charge on any atom is 0.361 e. The minimum Gasteiger partial charge on any atom is -0.871 e. The summed E-state index contributed by atoms with van der Waals surface area (Å²) >= 11 is 25.0. The molecule has 0 radical (unpaired) electrons. The minimum atomic E-state index is -0.362. The van der Waals surface area contributed by atoms with Crippen LogP contribution in [0.25, 0.3) is 40.2 Å². The number of carbonyl (C=O) groups is 1. The molecule has 0 spiro atoms. The predicted molar refractivity (Wildman–Crippen MR) is 202 cm³/mol. The Labute approximate surface area is 309 Å². The van der Waals surface area contributed by atoms with Crippen molar-refractivity contribution in [1.82, 2.24) is 0 Å².